The number of alkyl halides is 2. The van der Waals surface area contributed by atoms with E-state index in [2.05, 4.69) is 5.32 Å². The molecular weight excluding hydrogens is 353 g/mol. The fourth-order valence-corrected chi connectivity index (χ4v) is 4.03. The highest BCUT2D eigenvalue weighted by Crippen LogP contribution is 2.67. The summed E-state index contributed by atoms with van der Waals surface area (Å²) in [5, 5.41) is 2.43. The van der Waals surface area contributed by atoms with Gasteiger partial charge in [-0.05, 0) is 38.3 Å². The fourth-order valence-electron chi connectivity index (χ4n) is 2.41. The van der Waals surface area contributed by atoms with Gasteiger partial charge in [0.15, 0.2) is 0 Å². The third kappa shape index (κ3) is 4.85. The number of nitrogens with one attached hydrogen (secondary N) is 1. The summed E-state index contributed by atoms with van der Waals surface area (Å²) in [6.07, 6.45) is 0.195. The topological polar surface area (TPSA) is 90.7 Å². The molecule has 142 valence electrons. The molecule has 1 atom stereocenters. The minimum Gasteiger partial charge on any atom is -0.358 e. The van der Waals surface area contributed by atoms with Crippen molar-refractivity contribution >= 4 is 13.5 Å². The van der Waals surface area contributed by atoms with Gasteiger partial charge in [-0.2, -0.15) is 8.78 Å². The molecule has 25 heavy (non-hydrogen) atoms. The van der Waals surface area contributed by atoms with Gasteiger partial charge >= 0.3 is 13.3 Å². The molecule has 0 unspecified atom stereocenters. The number of hydrogen-bond acceptors (Lipinski definition) is 5. The molecule has 1 amide bonds. The van der Waals surface area contributed by atoms with Gasteiger partial charge in [0.2, 0.25) is 5.91 Å². The largest absolute Gasteiger partial charge is 0.404 e. The summed E-state index contributed by atoms with van der Waals surface area (Å²) < 4.78 is 51.7. The maximum atomic E-state index is 14.8. The predicted molar refractivity (Wildman–Crippen MR) is 91.7 cm³/mol. The van der Waals surface area contributed by atoms with Crippen LogP contribution in [0.4, 0.5) is 8.78 Å². The first-order valence-electron chi connectivity index (χ1n) is 7.97. The third-order valence-electron chi connectivity index (χ3n) is 3.60. The van der Waals surface area contributed by atoms with Crippen LogP contribution in [0.15, 0.2) is 18.2 Å². The lowest BCUT2D eigenvalue weighted by Crippen LogP contribution is -2.40. The van der Waals surface area contributed by atoms with Crippen molar-refractivity contribution in [3.05, 3.63) is 34.9 Å². The van der Waals surface area contributed by atoms with Crippen molar-refractivity contribution in [2.75, 3.05) is 20.3 Å². The first kappa shape index (κ1) is 21.7. The summed E-state index contributed by atoms with van der Waals surface area (Å²) >= 11 is 0. The molecule has 0 saturated carbocycles. The molecular formula is C16H25F2N2O4P. The fraction of sp³-hybridized carbons (Fsp3) is 0.562. The number of carbonyl (C=O) groups is 1. The number of nitrogens with two attached hydrogens (primary N) is 1. The number of rotatable bonds is 9. The summed E-state index contributed by atoms with van der Waals surface area (Å²) in [6, 6.07) is 3.32. The lowest BCUT2D eigenvalue weighted by molar-refractivity contribution is -0.121. The van der Waals surface area contributed by atoms with Crippen LogP contribution < -0.4 is 11.1 Å². The number of benzene rings is 1. The number of likely N-dealkylation sites (N-methyl/N-ethyl adjacent to an activating group) is 1. The Hall–Kier alpha value is -1.34. The first-order valence-corrected chi connectivity index (χ1v) is 9.51. The van der Waals surface area contributed by atoms with E-state index < -0.39 is 24.9 Å². The van der Waals surface area contributed by atoms with Crippen molar-refractivity contribution in [2.24, 2.45) is 5.73 Å². The van der Waals surface area contributed by atoms with E-state index in [1.54, 1.807) is 0 Å². The highest BCUT2D eigenvalue weighted by atomic mass is 31.2. The Balaban J connectivity index is 3.17. The SMILES string of the molecule is CCOP(=O)(OCC)C(F)(F)c1ccc(C[C@H](N)C(=O)NC)cc1C. The van der Waals surface area contributed by atoms with E-state index in [9.17, 15) is 18.1 Å². The second-order valence-corrected chi connectivity index (χ2v) is 7.52. The smallest absolute Gasteiger partial charge is 0.358 e. The van der Waals surface area contributed by atoms with Crippen LogP contribution in [-0.4, -0.2) is 32.2 Å². The molecule has 1 rings (SSSR count). The number of hydrogen-bond donors (Lipinski definition) is 2. The van der Waals surface area contributed by atoms with E-state index in [1.807, 2.05) is 0 Å². The highest BCUT2D eigenvalue weighted by Gasteiger charge is 2.55. The van der Waals surface area contributed by atoms with Crippen molar-refractivity contribution in [1.82, 2.24) is 5.32 Å². The van der Waals surface area contributed by atoms with Crippen LogP contribution >= 0.6 is 7.60 Å². The molecule has 0 spiro atoms. The van der Waals surface area contributed by atoms with E-state index in [0.29, 0.717) is 5.56 Å². The summed E-state index contributed by atoms with van der Waals surface area (Å²) in [5.74, 6) is -0.343. The van der Waals surface area contributed by atoms with Crippen molar-refractivity contribution in [2.45, 2.75) is 38.9 Å². The Bertz CT molecular complexity index is 645. The minimum atomic E-state index is -4.66. The Morgan fingerprint density at radius 2 is 1.88 bits per heavy atom. The van der Waals surface area contributed by atoms with Gasteiger partial charge in [-0.25, -0.2) is 0 Å². The molecule has 6 nitrogen and oxygen atoms in total. The maximum absolute atomic E-state index is 14.8. The highest BCUT2D eigenvalue weighted by molar-refractivity contribution is 7.54. The first-order chi connectivity index (χ1) is 11.6. The van der Waals surface area contributed by atoms with Crippen molar-refractivity contribution in [1.29, 1.82) is 0 Å². The third-order valence-corrected chi connectivity index (χ3v) is 5.72. The molecule has 0 heterocycles. The van der Waals surface area contributed by atoms with Crippen LogP contribution in [0.3, 0.4) is 0 Å². The van der Waals surface area contributed by atoms with Gasteiger partial charge in [0, 0.05) is 12.6 Å². The average Bonchev–Trinajstić information content (AvgIpc) is 2.54. The summed E-state index contributed by atoms with van der Waals surface area (Å²) in [4.78, 5) is 11.5. The van der Waals surface area contributed by atoms with Gasteiger partial charge in [0.05, 0.1) is 19.3 Å². The van der Waals surface area contributed by atoms with Gasteiger partial charge in [-0.3, -0.25) is 9.36 Å². The van der Waals surface area contributed by atoms with Crippen LogP contribution in [-0.2, 0) is 30.5 Å². The average molecular weight is 378 g/mol. The lowest BCUT2D eigenvalue weighted by Gasteiger charge is -2.27. The van der Waals surface area contributed by atoms with E-state index in [0.717, 1.165) is 0 Å². The Labute approximate surface area is 146 Å². The Morgan fingerprint density at radius 1 is 1.32 bits per heavy atom. The molecule has 0 aliphatic carbocycles. The maximum Gasteiger partial charge on any atom is 0.404 e. The Kier molecular flexibility index (Phi) is 7.68. The normalized spacial score (nSPS) is 13.6. The van der Waals surface area contributed by atoms with E-state index >= 15 is 0 Å². The van der Waals surface area contributed by atoms with Gasteiger partial charge in [0.25, 0.3) is 0 Å². The molecule has 0 aliphatic rings. The van der Waals surface area contributed by atoms with Gasteiger partial charge in [0.1, 0.15) is 0 Å². The molecule has 9 heteroatoms. The molecule has 0 fully saturated rings. The van der Waals surface area contributed by atoms with Crippen molar-refractivity contribution < 1.29 is 27.2 Å². The molecule has 3 N–H and O–H groups in total. The minimum absolute atomic E-state index is 0.162. The van der Waals surface area contributed by atoms with Crippen LogP contribution in [0.1, 0.15) is 30.5 Å². The molecule has 0 radical (unpaired) electrons. The van der Waals surface area contributed by atoms with Crippen LogP contribution in [0, 0.1) is 6.92 Å². The molecule has 0 aromatic heterocycles. The zero-order valence-electron chi connectivity index (χ0n) is 14.8. The zero-order chi connectivity index (χ0) is 19.3. The number of amides is 1. The second kappa shape index (κ2) is 8.85. The summed E-state index contributed by atoms with van der Waals surface area (Å²) in [6.45, 7) is 4.09. The van der Waals surface area contributed by atoms with Gasteiger partial charge in [-0.1, -0.05) is 18.2 Å². The van der Waals surface area contributed by atoms with E-state index in [4.69, 9.17) is 14.8 Å². The molecule has 0 bridgehead atoms. The van der Waals surface area contributed by atoms with E-state index in [-0.39, 0.29) is 31.1 Å². The molecule has 0 aliphatic heterocycles. The number of carbonyl (C=O) groups excluding carboxylic acids is 1. The van der Waals surface area contributed by atoms with Crippen LogP contribution in [0.25, 0.3) is 0 Å². The zero-order valence-corrected chi connectivity index (χ0v) is 15.7. The standard InChI is InChI=1S/C16H25F2N2O4P/c1-5-23-25(22,24-6-2)16(17,18)13-8-7-12(9-11(13)3)10-14(19)15(21)20-4/h7-9,14H,5-6,10,19H2,1-4H3,(H,20,21)/t14-/m0/s1. The monoisotopic (exact) mass is 378 g/mol. The van der Waals surface area contributed by atoms with Crippen LogP contribution in [0.2, 0.25) is 0 Å². The molecule has 1 aromatic carbocycles. The quantitative estimate of drug-likeness (QED) is 0.645. The van der Waals surface area contributed by atoms with E-state index in [1.165, 1.54) is 46.0 Å². The number of halogens is 2. The lowest BCUT2D eigenvalue weighted by atomic mass is 10.0. The van der Waals surface area contributed by atoms with Crippen molar-refractivity contribution in [3.63, 3.8) is 0 Å². The van der Waals surface area contributed by atoms with Crippen LogP contribution in [0.5, 0.6) is 0 Å². The molecule has 0 saturated heterocycles. The second-order valence-electron chi connectivity index (χ2n) is 5.45. The van der Waals surface area contributed by atoms with Crippen molar-refractivity contribution in [3.8, 4) is 0 Å². The molecule has 1 aromatic rings. The Morgan fingerprint density at radius 3 is 2.32 bits per heavy atom. The summed E-state index contributed by atoms with van der Waals surface area (Å²) in [5.41, 5.74) is 2.35. The van der Waals surface area contributed by atoms with Gasteiger partial charge in [-0.15, -0.1) is 0 Å². The predicted octanol–water partition coefficient (Wildman–Crippen LogP) is 2.93. The number of aryl methyl sites for hydroxylation is 1. The van der Waals surface area contributed by atoms with Gasteiger partial charge < -0.3 is 20.1 Å². The summed E-state index contributed by atoms with van der Waals surface area (Å²) in [7, 11) is -3.19.